The van der Waals surface area contributed by atoms with Crippen molar-refractivity contribution in [3.8, 4) is 11.5 Å². The molecule has 0 bridgehead atoms. The van der Waals surface area contributed by atoms with Crippen LogP contribution in [0.5, 0.6) is 11.5 Å². The molecule has 0 aromatic heterocycles. The van der Waals surface area contributed by atoms with E-state index in [1.807, 2.05) is 31.2 Å². The number of anilines is 1. The molecule has 0 radical (unpaired) electrons. The van der Waals surface area contributed by atoms with E-state index in [4.69, 9.17) is 14.2 Å². The van der Waals surface area contributed by atoms with Crippen LogP contribution in [0.15, 0.2) is 42.5 Å². The average Bonchev–Trinajstić information content (AvgIpc) is 2.76. The smallest absolute Gasteiger partial charge is 0.338 e. The summed E-state index contributed by atoms with van der Waals surface area (Å²) in [7, 11) is 4.41. The number of hydrogen-bond acceptors (Lipinski definition) is 6. The first-order valence-corrected chi connectivity index (χ1v) is 9.40. The minimum Gasteiger partial charge on any atom is -0.493 e. The van der Waals surface area contributed by atoms with E-state index in [1.165, 1.54) is 38.3 Å². The van der Waals surface area contributed by atoms with E-state index >= 15 is 0 Å². The lowest BCUT2D eigenvalue weighted by Crippen LogP contribution is -2.37. The molecular formula is C22H26N2O6. The average molecular weight is 414 g/mol. The summed E-state index contributed by atoms with van der Waals surface area (Å²) in [6.07, 6.45) is 0.775. The number of carbonyl (C=O) groups is 3. The van der Waals surface area contributed by atoms with Gasteiger partial charge in [-0.2, -0.15) is 0 Å². The summed E-state index contributed by atoms with van der Waals surface area (Å²) in [4.78, 5) is 37.9. The summed E-state index contributed by atoms with van der Waals surface area (Å²) in [6, 6.07) is 12.0. The van der Waals surface area contributed by atoms with Crippen molar-refractivity contribution in [2.24, 2.45) is 0 Å². The largest absolute Gasteiger partial charge is 0.493 e. The highest BCUT2D eigenvalue weighted by Crippen LogP contribution is 2.27. The molecule has 8 heteroatoms. The first-order valence-electron chi connectivity index (χ1n) is 9.40. The van der Waals surface area contributed by atoms with Gasteiger partial charge in [0.15, 0.2) is 18.1 Å². The van der Waals surface area contributed by atoms with Crippen LogP contribution in [0.3, 0.4) is 0 Å². The Morgan fingerprint density at radius 3 is 2.37 bits per heavy atom. The molecule has 0 aliphatic carbocycles. The van der Waals surface area contributed by atoms with E-state index in [0.717, 1.165) is 12.0 Å². The van der Waals surface area contributed by atoms with Crippen LogP contribution in [-0.2, 0) is 20.7 Å². The Kier molecular flexibility index (Phi) is 8.22. The molecule has 160 valence electrons. The summed E-state index contributed by atoms with van der Waals surface area (Å²) < 4.78 is 15.3. The number of rotatable bonds is 9. The van der Waals surface area contributed by atoms with E-state index in [9.17, 15) is 14.4 Å². The van der Waals surface area contributed by atoms with E-state index in [2.05, 4.69) is 5.32 Å². The highest BCUT2D eigenvalue weighted by Gasteiger charge is 2.17. The minimum absolute atomic E-state index is 0.162. The Hall–Kier alpha value is -3.55. The van der Waals surface area contributed by atoms with Crippen molar-refractivity contribution in [3.63, 3.8) is 0 Å². The zero-order chi connectivity index (χ0) is 22.1. The third kappa shape index (κ3) is 5.97. The first-order chi connectivity index (χ1) is 14.4. The number of aryl methyl sites for hydroxylation is 1. The normalized spacial score (nSPS) is 10.1. The molecule has 30 heavy (non-hydrogen) atoms. The molecule has 0 saturated carbocycles. The second-order valence-corrected chi connectivity index (χ2v) is 6.45. The molecule has 1 N–H and O–H groups in total. The van der Waals surface area contributed by atoms with Gasteiger partial charge in [0.1, 0.15) is 0 Å². The number of likely N-dealkylation sites (N-methyl/N-ethyl adjacent to an activating group) is 1. The molecule has 0 aliphatic rings. The summed E-state index contributed by atoms with van der Waals surface area (Å²) in [5.74, 6) is -0.667. The van der Waals surface area contributed by atoms with Crippen LogP contribution in [0.4, 0.5) is 5.69 Å². The second kappa shape index (κ2) is 10.8. The first kappa shape index (κ1) is 22.7. The predicted molar refractivity (Wildman–Crippen MR) is 112 cm³/mol. The van der Waals surface area contributed by atoms with E-state index in [0.29, 0.717) is 17.2 Å². The third-order valence-corrected chi connectivity index (χ3v) is 4.42. The fourth-order valence-corrected chi connectivity index (χ4v) is 2.73. The molecule has 8 nitrogen and oxygen atoms in total. The van der Waals surface area contributed by atoms with Crippen LogP contribution in [0, 0.1) is 0 Å². The molecule has 0 saturated heterocycles. The van der Waals surface area contributed by atoms with Crippen molar-refractivity contribution < 1.29 is 28.6 Å². The minimum atomic E-state index is -0.681. The van der Waals surface area contributed by atoms with Crippen LogP contribution in [0.2, 0.25) is 0 Å². The van der Waals surface area contributed by atoms with Crippen LogP contribution in [-0.4, -0.2) is 57.1 Å². The number of nitrogens with zero attached hydrogens (tertiary/aromatic N) is 1. The number of ether oxygens (including phenoxy) is 3. The molecule has 2 aromatic carbocycles. The maximum atomic E-state index is 12.2. The van der Waals surface area contributed by atoms with Crippen LogP contribution < -0.4 is 14.8 Å². The lowest BCUT2D eigenvalue weighted by atomic mass is 10.1. The fraction of sp³-hybridized carbons (Fsp3) is 0.318. The van der Waals surface area contributed by atoms with Gasteiger partial charge < -0.3 is 24.4 Å². The third-order valence-electron chi connectivity index (χ3n) is 4.42. The van der Waals surface area contributed by atoms with Crippen molar-refractivity contribution in [1.29, 1.82) is 0 Å². The van der Waals surface area contributed by atoms with Crippen LogP contribution in [0.1, 0.15) is 22.8 Å². The molecule has 0 spiro atoms. The monoisotopic (exact) mass is 414 g/mol. The quantitative estimate of drug-likeness (QED) is 0.634. The maximum absolute atomic E-state index is 12.2. The summed E-state index contributed by atoms with van der Waals surface area (Å²) in [6.45, 7) is 1.35. The van der Waals surface area contributed by atoms with Crippen LogP contribution in [0.25, 0.3) is 0 Å². The summed E-state index contributed by atoms with van der Waals surface area (Å²) in [5.41, 5.74) is 1.94. The van der Waals surface area contributed by atoms with E-state index < -0.39 is 18.5 Å². The van der Waals surface area contributed by atoms with Crippen LogP contribution >= 0.6 is 0 Å². The fourth-order valence-electron chi connectivity index (χ4n) is 2.73. The Bertz CT molecular complexity index is 912. The Morgan fingerprint density at radius 1 is 1.00 bits per heavy atom. The number of nitrogens with one attached hydrogen (secondary N) is 1. The van der Waals surface area contributed by atoms with Gasteiger partial charge in [-0.25, -0.2) is 4.79 Å². The molecule has 0 atom stereocenters. The Labute approximate surface area is 175 Å². The van der Waals surface area contributed by atoms with E-state index in [1.54, 1.807) is 6.07 Å². The summed E-state index contributed by atoms with van der Waals surface area (Å²) >= 11 is 0. The van der Waals surface area contributed by atoms with Gasteiger partial charge in [-0.1, -0.05) is 25.1 Å². The predicted octanol–water partition coefficient (Wildman–Crippen LogP) is 2.52. The lowest BCUT2D eigenvalue weighted by molar-refractivity contribution is -0.136. The number of benzene rings is 2. The van der Waals surface area contributed by atoms with Crippen molar-refractivity contribution in [2.75, 3.05) is 39.7 Å². The lowest BCUT2D eigenvalue weighted by Gasteiger charge is -2.17. The number of esters is 1. The van der Waals surface area contributed by atoms with Gasteiger partial charge in [-0.3, -0.25) is 9.59 Å². The highest BCUT2D eigenvalue weighted by atomic mass is 16.5. The number of methoxy groups -OCH3 is 2. The standard InChI is InChI=1S/C22H26N2O6/c1-5-15-8-6-7-9-17(15)23-20(25)13-24(2)21(26)14-30-22(27)16-10-11-18(28-3)19(12-16)29-4/h6-12H,5,13-14H2,1-4H3,(H,23,25). The molecule has 2 aromatic rings. The molecule has 2 rings (SSSR count). The van der Waals surface area contributed by atoms with Gasteiger partial charge in [0.2, 0.25) is 5.91 Å². The van der Waals surface area contributed by atoms with Crippen molar-refractivity contribution in [1.82, 2.24) is 4.90 Å². The summed E-state index contributed by atoms with van der Waals surface area (Å²) in [5, 5.41) is 2.80. The topological polar surface area (TPSA) is 94.2 Å². The van der Waals surface area contributed by atoms with Crippen molar-refractivity contribution in [3.05, 3.63) is 53.6 Å². The zero-order valence-electron chi connectivity index (χ0n) is 17.6. The molecular weight excluding hydrogens is 388 g/mol. The molecule has 0 fully saturated rings. The maximum Gasteiger partial charge on any atom is 0.338 e. The molecule has 0 heterocycles. The van der Waals surface area contributed by atoms with Gasteiger partial charge in [-0.05, 0) is 36.2 Å². The van der Waals surface area contributed by atoms with Gasteiger partial charge in [0.25, 0.3) is 5.91 Å². The Balaban J connectivity index is 1.88. The number of para-hydroxylation sites is 1. The number of amides is 2. The van der Waals surface area contributed by atoms with Crippen molar-refractivity contribution >= 4 is 23.5 Å². The van der Waals surface area contributed by atoms with E-state index in [-0.39, 0.29) is 18.0 Å². The van der Waals surface area contributed by atoms with Gasteiger partial charge in [-0.15, -0.1) is 0 Å². The van der Waals surface area contributed by atoms with Gasteiger partial charge in [0.05, 0.1) is 26.3 Å². The zero-order valence-corrected chi connectivity index (χ0v) is 17.6. The number of carbonyl (C=O) groups excluding carboxylic acids is 3. The van der Waals surface area contributed by atoms with Gasteiger partial charge >= 0.3 is 5.97 Å². The molecule has 0 unspecified atom stereocenters. The van der Waals surface area contributed by atoms with Crippen molar-refractivity contribution in [2.45, 2.75) is 13.3 Å². The second-order valence-electron chi connectivity index (χ2n) is 6.45. The molecule has 0 aliphatic heterocycles. The van der Waals surface area contributed by atoms with Gasteiger partial charge in [0, 0.05) is 12.7 Å². The Morgan fingerprint density at radius 2 is 1.70 bits per heavy atom. The SMILES string of the molecule is CCc1ccccc1NC(=O)CN(C)C(=O)COC(=O)c1ccc(OC)c(OC)c1. The highest BCUT2D eigenvalue weighted by molar-refractivity contribution is 5.96. The number of hydrogen-bond donors (Lipinski definition) is 1. The molecule has 2 amide bonds.